The molecule has 1 fully saturated rings. The Labute approximate surface area is 247 Å². The van der Waals surface area contributed by atoms with Crippen LogP contribution in [0.2, 0.25) is 5.02 Å². The number of hydrogen-bond donors (Lipinski definition) is 2. The highest BCUT2D eigenvalue weighted by Crippen LogP contribution is 2.54. The van der Waals surface area contributed by atoms with Crippen molar-refractivity contribution in [3.63, 3.8) is 0 Å². The van der Waals surface area contributed by atoms with E-state index in [1.54, 1.807) is 55.6 Å². The molecule has 2 aliphatic rings. The first-order valence-corrected chi connectivity index (χ1v) is 14.6. The maximum Gasteiger partial charge on any atom is 0.308 e. The van der Waals surface area contributed by atoms with E-state index in [2.05, 4.69) is 5.32 Å². The number of fused-ring (bicyclic) bond motifs is 2. The van der Waals surface area contributed by atoms with E-state index in [0.717, 1.165) is 28.7 Å². The van der Waals surface area contributed by atoms with Crippen molar-refractivity contribution in [2.45, 2.75) is 22.7 Å². The quantitative estimate of drug-likeness (QED) is 0.241. The summed E-state index contributed by atoms with van der Waals surface area (Å²) in [6.45, 7) is -0.283. The number of aromatic nitrogens is 1. The van der Waals surface area contributed by atoms with Crippen LogP contribution < -0.4 is 19.8 Å². The predicted octanol–water partition coefficient (Wildman–Crippen LogP) is 4.71. The van der Waals surface area contributed by atoms with Crippen LogP contribution in [-0.2, 0) is 20.9 Å². The Kier molecular flexibility index (Phi) is 7.10. The summed E-state index contributed by atoms with van der Waals surface area (Å²) in [6.07, 6.45) is 0. The summed E-state index contributed by atoms with van der Waals surface area (Å²) >= 11 is 8.16. The van der Waals surface area contributed by atoms with Crippen molar-refractivity contribution in [1.82, 2.24) is 4.57 Å². The number of thiazole rings is 1. The van der Waals surface area contributed by atoms with E-state index in [4.69, 9.17) is 16.3 Å². The second kappa shape index (κ2) is 10.7. The lowest BCUT2D eigenvalue weighted by atomic mass is 9.83. The molecule has 1 saturated heterocycles. The lowest BCUT2D eigenvalue weighted by Crippen LogP contribution is -2.33. The van der Waals surface area contributed by atoms with Crippen LogP contribution in [0.5, 0.6) is 11.5 Å². The van der Waals surface area contributed by atoms with Crippen LogP contribution in [0.3, 0.4) is 0 Å². The number of carbonyl (C=O) groups excluding carboxylic acids is 3. The zero-order chi connectivity index (χ0) is 28.8. The maximum atomic E-state index is 13.9. The number of rotatable bonds is 6. The highest BCUT2D eigenvalue weighted by Gasteiger charge is 2.56. The number of phenolic OH excluding ortho intramolecular Hbond substituents is 1. The van der Waals surface area contributed by atoms with Gasteiger partial charge in [0.05, 0.1) is 23.7 Å². The summed E-state index contributed by atoms with van der Waals surface area (Å²) in [7, 11) is 1.55. The number of carbonyl (C=O) groups is 3. The molecule has 0 aliphatic carbocycles. The van der Waals surface area contributed by atoms with Gasteiger partial charge in [-0.3, -0.25) is 23.7 Å². The fourth-order valence-electron chi connectivity index (χ4n) is 5.16. The van der Waals surface area contributed by atoms with E-state index in [0.29, 0.717) is 32.1 Å². The first kappa shape index (κ1) is 27.1. The Bertz CT molecular complexity index is 1720. The molecule has 9 nitrogen and oxygen atoms in total. The smallest absolute Gasteiger partial charge is 0.308 e. The van der Waals surface area contributed by atoms with Crippen molar-refractivity contribution >= 4 is 63.8 Å². The summed E-state index contributed by atoms with van der Waals surface area (Å²) in [5.41, 5.74) is 1.63. The minimum Gasteiger partial charge on any atom is -0.508 e. The van der Waals surface area contributed by atoms with Gasteiger partial charge in [-0.2, -0.15) is 0 Å². The Balaban J connectivity index is 1.40. The number of anilines is 2. The van der Waals surface area contributed by atoms with Crippen molar-refractivity contribution in [1.29, 1.82) is 0 Å². The molecule has 6 rings (SSSR count). The van der Waals surface area contributed by atoms with E-state index in [9.17, 15) is 24.3 Å². The number of hydrogen-bond acceptors (Lipinski definition) is 8. The fourth-order valence-corrected chi connectivity index (χ4v) is 8.06. The van der Waals surface area contributed by atoms with Gasteiger partial charge in [-0.1, -0.05) is 46.8 Å². The van der Waals surface area contributed by atoms with Crippen LogP contribution in [0.15, 0.2) is 82.6 Å². The van der Waals surface area contributed by atoms with Gasteiger partial charge in [0.15, 0.2) is 0 Å². The van der Waals surface area contributed by atoms with Crippen LogP contribution in [0.25, 0.3) is 0 Å². The minimum atomic E-state index is -0.807. The number of phenols is 1. The third-order valence-corrected chi connectivity index (χ3v) is 9.92. The number of benzene rings is 3. The van der Waals surface area contributed by atoms with Crippen molar-refractivity contribution in [3.8, 4) is 11.5 Å². The Morgan fingerprint density at radius 2 is 1.66 bits per heavy atom. The number of aromatic hydroxyl groups is 1. The largest absolute Gasteiger partial charge is 0.508 e. The molecule has 3 aromatic carbocycles. The number of halogens is 1. The molecular formula is C29H22ClN3O6S2. The summed E-state index contributed by atoms with van der Waals surface area (Å²) < 4.78 is 6.66. The van der Waals surface area contributed by atoms with Crippen LogP contribution in [-0.4, -0.2) is 39.8 Å². The topological polar surface area (TPSA) is 118 Å². The Morgan fingerprint density at radius 1 is 0.976 bits per heavy atom. The van der Waals surface area contributed by atoms with Crippen molar-refractivity contribution in [3.05, 3.63) is 97.9 Å². The number of ether oxygens (including phenoxy) is 1. The molecule has 12 heteroatoms. The van der Waals surface area contributed by atoms with E-state index in [-0.39, 0.29) is 23.1 Å². The standard InChI is InChI=1S/C29H22ClN3O6S2/c1-39-20-12-2-15(3-13-20)22-23-24(27(37)33(26(23)36)18-8-4-16(30)5-9-18)40-28-25(22)41-29(38)32(28)14-21(35)31-17-6-10-19(34)11-7-17/h2-13,22-24,34H,14H2,1H3,(H,31,35)/t22-,23-,24+/m0/s1. The van der Waals surface area contributed by atoms with Crippen LogP contribution >= 0.6 is 34.7 Å². The molecule has 2 aliphatic heterocycles. The van der Waals surface area contributed by atoms with Gasteiger partial charge in [0.2, 0.25) is 17.7 Å². The Morgan fingerprint density at radius 3 is 2.32 bits per heavy atom. The molecule has 0 saturated carbocycles. The zero-order valence-corrected chi connectivity index (χ0v) is 23.8. The molecule has 3 atom stereocenters. The molecule has 0 radical (unpaired) electrons. The minimum absolute atomic E-state index is 0.0603. The van der Waals surface area contributed by atoms with Gasteiger partial charge in [0, 0.05) is 21.5 Å². The van der Waals surface area contributed by atoms with Gasteiger partial charge in [0.25, 0.3) is 0 Å². The van der Waals surface area contributed by atoms with Crippen LogP contribution in [0.4, 0.5) is 11.4 Å². The zero-order valence-electron chi connectivity index (χ0n) is 21.4. The SMILES string of the molecule is COc1ccc([C@@H]2c3sc(=O)n(CC(=O)Nc4ccc(O)cc4)c3S[C@H]3C(=O)N(c4ccc(Cl)cc4)C(=O)[C@@H]23)cc1. The van der Waals surface area contributed by atoms with Gasteiger partial charge >= 0.3 is 4.87 Å². The molecule has 2 N–H and O–H groups in total. The highest BCUT2D eigenvalue weighted by atomic mass is 35.5. The van der Waals surface area contributed by atoms with E-state index < -0.39 is 28.9 Å². The Hall–Kier alpha value is -4.06. The molecular weight excluding hydrogens is 586 g/mol. The normalized spacial score (nSPS) is 19.6. The third-order valence-electron chi connectivity index (χ3n) is 7.06. The number of imide groups is 1. The fraction of sp³-hybridized carbons (Fsp3) is 0.172. The van der Waals surface area contributed by atoms with Gasteiger partial charge < -0.3 is 15.2 Å². The van der Waals surface area contributed by atoms with Crippen LogP contribution in [0.1, 0.15) is 16.4 Å². The third kappa shape index (κ3) is 4.90. The summed E-state index contributed by atoms with van der Waals surface area (Å²) in [5, 5.41) is 12.4. The van der Waals surface area contributed by atoms with Gasteiger partial charge in [-0.05, 0) is 66.2 Å². The molecule has 41 heavy (non-hydrogen) atoms. The first-order valence-electron chi connectivity index (χ1n) is 12.5. The summed E-state index contributed by atoms with van der Waals surface area (Å²) in [5.74, 6) is -1.86. The second-order valence-electron chi connectivity index (χ2n) is 9.52. The van der Waals surface area contributed by atoms with Crippen molar-refractivity contribution < 1.29 is 24.2 Å². The lowest BCUT2D eigenvalue weighted by Gasteiger charge is -2.30. The van der Waals surface area contributed by atoms with E-state index in [1.165, 1.54) is 21.6 Å². The summed E-state index contributed by atoms with van der Waals surface area (Å²) in [4.78, 5) is 55.4. The molecule has 3 amide bonds. The number of nitrogens with one attached hydrogen (secondary N) is 1. The molecule has 3 heterocycles. The summed E-state index contributed by atoms with van der Waals surface area (Å²) in [6, 6.07) is 19.7. The molecule has 0 bridgehead atoms. The second-order valence-corrected chi connectivity index (χ2v) is 12.1. The molecule has 0 unspecified atom stereocenters. The van der Waals surface area contributed by atoms with Crippen molar-refractivity contribution in [2.75, 3.05) is 17.3 Å². The van der Waals surface area contributed by atoms with Gasteiger partial charge in [-0.15, -0.1) is 0 Å². The molecule has 1 aromatic heterocycles. The van der Waals surface area contributed by atoms with E-state index >= 15 is 0 Å². The van der Waals surface area contributed by atoms with Crippen LogP contribution in [0, 0.1) is 5.92 Å². The maximum absolute atomic E-state index is 13.9. The van der Waals surface area contributed by atoms with Gasteiger partial charge in [0.1, 0.15) is 23.3 Å². The average Bonchev–Trinajstić information content (AvgIpc) is 3.41. The van der Waals surface area contributed by atoms with E-state index in [1.807, 2.05) is 12.1 Å². The molecule has 4 aromatic rings. The van der Waals surface area contributed by atoms with Gasteiger partial charge in [-0.25, -0.2) is 4.90 Å². The lowest BCUT2D eigenvalue weighted by molar-refractivity contribution is -0.122. The number of methoxy groups -OCH3 is 1. The van der Waals surface area contributed by atoms with Crippen molar-refractivity contribution in [2.24, 2.45) is 5.92 Å². The highest BCUT2D eigenvalue weighted by molar-refractivity contribution is 8.00. The predicted molar refractivity (Wildman–Crippen MR) is 157 cm³/mol. The first-order chi connectivity index (χ1) is 19.7. The number of nitrogens with zero attached hydrogens (tertiary/aromatic N) is 2. The molecule has 208 valence electrons. The molecule has 0 spiro atoms. The number of thioether (sulfide) groups is 1. The average molecular weight is 608 g/mol. The number of amides is 3. The monoisotopic (exact) mass is 607 g/mol.